The first-order valence-corrected chi connectivity index (χ1v) is 6.77. The Kier molecular flexibility index (Phi) is 4.05. The van der Waals surface area contributed by atoms with E-state index in [1.165, 1.54) is 6.42 Å². The van der Waals surface area contributed by atoms with Crippen LogP contribution in [0.25, 0.3) is 0 Å². The lowest BCUT2D eigenvalue weighted by Gasteiger charge is -2.39. The van der Waals surface area contributed by atoms with Crippen LogP contribution in [0.2, 0.25) is 0 Å². The van der Waals surface area contributed by atoms with Crippen LogP contribution in [0.15, 0.2) is 0 Å². The van der Waals surface area contributed by atoms with E-state index < -0.39 is 0 Å². The van der Waals surface area contributed by atoms with Gasteiger partial charge in [0.2, 0.25) is 5.91 Å². The Balaban J connectivity index is 1.81. The van der Waals surface area contributed by atoms with E-state index in [9.17, 15) is 4.79 Å². The zero-order chi connectivity index (χ0) is 12.3. The Morgan fingerprint density at radius 2 is 2.29 bits per heavy atom. The molecule has 2 N–H and O–H groups in total. The number of amides is 1. The van der Waals surface area contributed by atoms with Crippen LogP contribution in [0.3, 0.4) is 0 Å². The van der Waals surface area contributed by atoms with Crippen molar-refractivity contribution in [1.29, 1.82) is 0 Å². The molecule has 0 radical (unpaired) electrons. The van der Waals surface area contributed by atoms with Crippen LogP contribution in [-0.2, 0) is 9.53 Å². The molecule has 1 amide bonds. The Bertz CT molecular complexity index is 271. The zero-order valence-electron chi connectivity index (χ0n) is 10.8. The highest BCUT2D eigenvalue weighted by Crippen LogP contribution is 2.32. The molecule has 0 aromatic heterocycles. The fourth-order valence-electron chi connectivity index (χ4n) is 2.67. The first-order valence-electron chi connectivity index (χ1n) is 6.77. The number of hydrogen-bond acceptors (Lipinski definition) is 3. The summed E-state index contributed by atoms with van der Waals surface area (Å²) in [6.07, 6.45) is 4.78. The number of nitrogens with two attached hydrogens (primary N) is 1. The first-order chi connectivity index (χ1) is 8.13. The van der Waals surface area contributed by atoms with Crippen LogP contribution in [0, 0.1) is 5.92 Å². The summed E-state index contributed by atoms with van der Waals surface area (Å²) in [5, 5.41) is 0. The fourth-order valence-corrected chi connectivity index (χ4v) is 2.67. The molecule has 4 nitrogen and oxygen atoms in total. The SMILES string of the molecule is CCN(CC1CCOC1)C(=O)CC1(N)CCC1. The van der Waals surface area contributed by atoms with Gasteiger partial charge in [-0.3, -0.25) is 4.79 Å². The molecule has 98 valence electrons. The normalized spacial score (nSPS) is 26.6. The molecule has 0 bridgehead atoms. The number of carbonyl (C=O) groups excluding carboxylic acids is 1. The summed E-state index contributed by atoms with van der Waals surface area (Å²) in [4.78, 5) is 14.1. The molecule has 17 heavy (non-hydrogen) atoms. The second-order valence-corrected chi connectivity index (χ2v) is 5.55. The summed E-state index contributed by atoms with van der Waals surface area (Å²) in [6, 6.07) is 0. The Morgan fingerprint density at radius 1 is 1.53 bits per heavy atom. The van der Waals surface area contributed by atoms with E-state index in [4.69, 9.17) is 10.5 Å². The number of ether oxygens (including phenoxy) is 1. The van der Waals surface area contributed by atoms with Gasteiger partial charge in [0.25, 0.3) is 0 Å². The molecule has 1 unspecified atom stereocenters. The highest BCUT2D eigenvalue weighted by molar-refractivity contribution is 5.77. The Hall–Kier alpha value is -0.610. The molecule has 1 atom stereocenters. The second kappa shape index (κ2) is 5.36. The monoisotopic (exact) mass is 240 g/mol. The summed E-state index contributed by atoms with van der Waals surface area (Å²) in [6.45, 7) is 5.31. The summed E-state index contributed by atoms with van der Waals surface area (Å²) < 4.78 is 5.35. The predicted octanol–water partition coefficient (Wildman–Crippen LogP) is 1.14. The highest BCUT2D eigenvalue weighted by Gasteiger charge is 2.36. The van der Waals surface area contributed by atoms with Crippen LogP contribution in [0.1, 0.15) is 39.0 Å². The summed E-state index contributed by atoms with van der Waals surface area (Å²) >= 11 is 0. The van der Waals surface area contributed by atoms with Gasteiger partial charge >= 0.3 is 0 Å². The van der Waals surface area contributed by atoms with Gasteiger partial charge in [-0.05, 0) is 32.6 Å². The lowest BCUT2D eigenvalue weighted by molar-refractivity contribution is -0.133. The number of rotatable bonds is 5. The van der Waals surface area contributed by atoms with E-state index in [-0.39, 0.29) is 11.4 Å². The van der Waals surface area contributed by atoms with Gasteiger partial charge in [0.05, 0.1) is 6.61 Å². The lowest BCUT2D eigenvalue weighted by Crippen LogP contribution is -2.51. The maximum atomic E-state index is 12.2. The standard InChI is InChI=1S/C13H24N2O2/c1-2-15(9-11-4-7-17-10-11)12(16)8-13(14)5-3-6-13/h11H,2-10,14H2,1H3. The molecule has 4 heteroatoms. The molecule has 1 saturated heterocycles. The van der Waals surface area contributed by atoms with E-state index >= 15 is 0 Å². The third-order valence-corrected chi connectivity index (χ3v) is 4.09. The molecular weight excluding hydrogens is 216 g/mol. The van der Waals surface area contributed by atoms with Crippen molar-refractivity contribution >= 4 is 5.91 Å². The van der Waals surface area contributed by atoms with Gasteiger partial charge in [-0.1, -0.05) is 0 Å². The largest absolute Gasteiger partial charge is 0.381 e. The van der Waals surface area contributed by atoms with Crippen LogP contribution in [0.4, 0.5) is 0 Å². The minimum Gasteiger partial charge on any atom is -0.381 e. The average Bonchev–Trinajstić information content (AvgIpc) is 2.76. The van der Waals surface area contributed by atoms with Crippen molar-refractivity contribution in [2.75, 3.05) is 26.3 Å². The minimum atomic E-state index is -0.198. The number of nitrogens with zero attached hydrogens (tertiary/aromatic N) is 1. The van der Waals surface area contributed by atoms with E-state index in [0.717, 1.165) is 45.6 Å². The highest BCUT2D eigenvalue weighted by atomic mass is 16.5. The van der Waals surface area contributed by atoms with E-state index in [0.29, 0.717) is 12.3 Å². The summed E-state index contributed by atoms with van der Waals surface area (Å²) in [5.74, 6) is 0.746. The van der Waals surface area contributed by atoms with Crippen LogP contribution < -0.4 is 5.73 Å². The fraction of sp³-hybridized carbons (Fsp3) is 0.923. The Morgan fingerprint density at radius 3 is 2.76 bits per heavy atom. The quantitative estimate of drug-likeness (QED) is 0.784. The van der Waals surface area contributed by atoms with Gasteiger partial charge in [0, 0.05) is 37.6 Å². The molecule has 1 aliphatic heterocycles. The van der Waals surface area contributed by atoms with Crippen LogP contribution >= 0.6 is 0 Å². The molecule has 1 aliphatic carbocycles. The second-order valence-electron chi connectivity index (χ2n) is 5.55. The number of carbonyl (C=O) groups is 1. The first kappa shape index (κ1) is 12.8. The van der Waals surface area contributed by atoms with Gasteiger partial charge in [0.15, 0.2) is 0 Å². The maximum Gasteiger partial charge on any atom is 0.224 e. The van der Waals surface area contributed by atoms with Crippen molar-refractivity contribution in [3.8, 4) is 0 Å². The van der Waals surface area contributed by atoms with Gasteiger partial charge in [-0.2, -0.15) is 0 Å². The van der Waals surface area contributed by atoms with Crippen LogP contribution in [-0.4, -0.2) is 42.6 Å². The van der Waals surface area contributed by atoms with Crippen molar-refractivity contribution in [1.82, 2.24) is 4.90 Å². The van der Waals surface area contributed by atoms with Crippen molar-refractivity contribution in [2.24, 2.45) is 11.7 Å². The molecule has 0 aromatic rings. The summed E-state index contributed by atoms with van der Waals surface area (Å²) in [7, 11) is 0. The third kappa shape index (κ3) is 3.19. The van der Waals surface area contributed by atoms with Gasteiger partial charge < -0.3 is 15.4 Å². The maximum absolute atomic E-state index is 12.2. The zero-order valence-corrected chi connectivity index (χ0v) is 10.8. The molecule has 2 rings (SSSR count). The van der Waals surface area contributed by atoms with E-state index in [1.807, 2.05) is 11.8 Å². The minimum absolute atomic E-state index is 0.198. The van der Waals surface area contributed by atoms with Crippen molar-refractivity contribution in [3.05, 3.63) is 0 Å². The predicted molar refractivity (Wildman–Crippen MR) is 66.6 cm³/mol. The van der Waals surface area contributed by atoms with Gasteiger partial charge in [0.1, 0.15) is 0 Å². The van der Waals surface area contributed by atoms with Crippen molar-refractivity contribution in [2.45, 2.75) is 44.6 Å². The Labute approximate surface area is 103 Å². The lowest BCUT2D eigenvalue weighted by atomic mass is 9.75. The van der Waals surface area contributed by atoms with Gasteiger partial charge in [-0.15, -0.1) is 0 Å². The third-order valence-electron chi connectivity index (χ3n) is 4.09. The molecule has 1 saturated carbocycles. The summed E-state index contributed by atoms with van der Waals surface area (Å²) in [5.41, 5.74) is 5.93. The molecular formula is C13H24N2O2. The van der Waals surface area contributed by atoms with Crippen molar-refractivity contribution in [3.63, 3.8) is 0 Å². The smallest absolute Gasteiger partial charge is 0.224 e. The molecule has 2 aliphatic rings. The average molecular weight is 240 g/mol. The topological polar surface area (TPSA) is 55.6 Å². The van der Waals surface area contributed by atoms with Gasteiger partial charge in [-0.25, -0.2) is 0 Å². The molecule has 1 heterocycles. The molecule has 2 fully saturated rings. The van der Waals surface area contributed by atoms with E-state index in [1.54, 1.807) is 0 Å². The van der Waals surface area contributed by atoms with Crippen LogP contribution in [0.5, 0.6) is 0 Å². The molecule has 0 spiro atoms. The number of hydrogen-bond donors (Lipinski definition) is 1. The molecule has 0 aromatic carbocycles. The van der Waals surface area contributed by atoms with E-state index in [2.05, 4.69) is 0 Å². The van der Waals surface area contributed by atoms with Crippen molar-refractivity contribution < 1.29 is 9.53 Å².